The minimum Gasteiger partial charge on any atom is -0.489 e. The first-order chi connectivity index (χ1) is 20.5. The van der Waals surface area contributed by atoms with Crippen LogP contribution in [0.5, 0.6) is 5.75 Å². The molecule has 1 saturated heterocycles. The molecule has 5 nitrogen and oxygen atoms in total. The average molecular weight is 592 g/mol. The highest BCUT2D eigenvalue weighted by atomic mass is 32.2. The van der Waals surface area contributed by atoms with E-state index in [1.807, 2.05) is 97.2 Å². The molecule has 0 atom stereocenters. The van der Waals surface area contributed by atoms with Crippen molar-refractivity contribution in [2.75, 3.05) is 6.54 Å². The number of para-hydroxylation sites is 1. The molecule has 4 aromatic carbocycles. The van der Waals surface area contributed by atoms with Gasteiger partial charge in [-0.05, 0) is 48.4 Å². The predicted octanol–water partition coefficient (Wildman–Crippen LogP) is 7.70. The molecule has 6 rings (SSSR count). The summed E-state index contributed by atoms with van der Waals surface area (Å²) in [6, 6.07) is 33.9. The Balaban J connectivity index is 1.30. The van der Waals surface area contributed by atoms with E-state index in [9.17, 15) is 9.18 Å². The van der Waals surface area contributed by atoms with Crippen LogP contribution in [0.15, 0.2) is 120 Å². The second kappa shape index (κ2) is 12.5. The highest BCUT2D eigenvalue weighted by Gasteiger charge is 2.32. The largest absolute Gasteiger partial charge is 0.489 e. The molecule has 1 aliphatic heterocycles. The lowest BCUT2D eigenvalue weighted by Crippen LogP contribution is -2.30. The first-order valence-electron chi connectivity index (χ1n) is 13.5. The molecule has 0 radical (unpaired) electrons. The molecule has 0 unspecified atom stereocenters. The van der Waals surface area contributed by atoms with Crippen LogP contribution >= 0.6 is 24.0 Å². The van der Waals surface area contributed by atoms with Crippen LogP contribution in [0.2, 0.25) is 0 Å². The highest BCUT2D eigenvalue weighted by Crippen LogP contribution is 2.35. The summed E-state index contributed by atoms with van der Waals surface area (Å²) in [6.07, 6.45) is 4.49. The Kier molecular flexibility index (Phi) is 8.26. The van der Waals surface area contributed by atoms with E-state index >= 15 is 0 Å². The van der Waals surface area contributed by atoms with Gasteiger partial charge in [-0.1, -0.05) is 103 Å². The summed E-state index contributed by atoms with van der Waals surface area (Å²) in [4.78, 5) is 15.7. The summed E-state index contributed by atoms with van der Waals surface area (Å²) in [6.45, 7) is 0.621. The third-order valence-corrected chi connectivity index (χ3v) is 8.23. The molecule has 1 amide bonds. The zero-order valence-electron chi connectivity index (χ0n) is 22.5. The van der Waals surface area contributed by atoms with Gasteiger partial charge in [0.25, 0.3) is 5.91 Å². The van der Waals surface area contributed by atoms with Crippen molar-refractivity contribution < 1.29 is 13.9 Å². The first-order valence-corrected chi connectivity index (χ1v) is 14.7. The van der Waals surface area contributed by atoms with Crippen molar-refractivity contribution in [3.63, 3.8) is 0 Å². The third-order valence-electron chi connectivity index (χ3n) is 6.85. The molecular formula is C34H26FN3O2S2. The Labute approximate surface area is 253 Å². The minimum atomic E-state index is -0.307. The maximum absolute atomic E-state index is 14.1. The van der Waals surface area contributed by atoms with Gasteiger partial charge < -0.3 is 4.74 Å². The van der Waals surface area contributed by atoms with E-state index < -0.39 is 0 Å². The number of amides is 1. The molecule has 208 valence electrons. The molecule has 0 spiro atoms. The summed E-state index contributed by atoms with van der Waals surface area (Å²) in [5.74, 6) is 0.170. The van der Waals surface area contributed by atoms with Gasteiger partial charge in [0, 0.05) is 29.4 Å². The Morgan fingerprint density at radius 1 is 0.905 bits per heavy atom. The van der Waals surface area contributed by atoms with E-state index in [0.29, 0.717) is 32.8 Å². The Bertz CT molecular complexity index is 1770. The van der Waals surface area contributed by atoms with Gasteiger partial charge in [0.05, 0.1) is 10.6 Å². The van der Waals surface area contributed by atoms with E-state index in [2.05, 4.69) is 0 Å². The number of halogens is 1. The van der Waals surface area contributed by atoms with E-state index in [-0.39, 0.29) is 18.3 Å². The maximum Gasteiger partial charge on any atom is 0.266 e. The summed E-state index contributed by atoms with van der Waals surface area (Å²) in [5.41, 5.74) is 4.78. The molecule has 1 fully saturated rings. The number of aromatic nitrogens is 2. The van der Waals surface area contributed by atoms with E-state index in [0.717, 1.165) is 28.8 Å². The minimum absolute atomic E-state index is 0.104. The summed E-state index contributed by atoms with van der Waals surface area (Å²) < 4.78 is 22.4. The van der Waals surface area contributed by atoms with E-state index in [4.69, 9.17) is 22.1 Å². The van der Waals surface area contributed by atoms with Crippen LogP contribution in [0.25, 0.3) is 23.0 Å². The number of carbonyl (C=O) groups excluding carboxylic acids is 1. The topological polar surface area (TPSA) is 47.4 Å². The zero-order valence-corrected chi connectivity index (χ0v) is 24.2. The summed E-state index contributed by atoms with van der Waals surface area (Å²) in [5, 5.41) is 4.89. The number of carbonyl (C=O) groups is 1. The van der Waals surface area contributed by atoms with Crippen molar-refractivity contribution in [3.05, 3.63) is 143 Å². The summed E-state index contributed by atoms with van der Waals surface area (Å²) >= 11 is 6.90. The lowest BCUT2D eigenvalue weighted by Gasteiger charge is -2.14. The van der Waals surface area contributed by atoms with E-state index in [1.165, 1.54) is 17.8 Å². The van der Waals surface area contributed by atoms with Crippen LogP contribution in [-0.4, -0.2) is 31.5 Å². The SMILES string of the molecule is O=C1C(=Cc2cn(-c3ccccc3)nc2-c2cccc(OCc3ccccc3F)c2)SC(=S)N1CCc1ccccc1. The molecule has 42 heavy (non-hydrogen) atoms. The molecule has 0 N–H and O–H groups in total. The summed E-state index contributed by atoms with van der Waals surface area (Å²) in [7, 11) is 0. The number of nitrogens with zero attached hydrogens (tertiary/aromatic N) is 3. The van der Waals surface area contributed by atoms with Gasteiger partial charge in [0.2, 0.25) is 0 Å². The fraction of sp³-hybridized carbons (Fsp3) is 0.0882. The van der Waals surface area contributed by atoms with Crippen LogP contribution in [0.3, 0.4) is 0 Å². The second-order valence-corrected chi connectivity index (χ2v) is 11.4. The van der Waals surface area contributed by atoms with Gasteiger partial charge in [-0.25, -0.2) is 9.07 Å². The Morgan fingerprint density at radius 2 is 1.64 bits per heavy atom. The quantitative estimate of drug-likeness (QED) is 0.130. The number of thioether (sulfide) groups is 1. The smallest absolute Gasteiger partial charge is 0.266 e. The monoisotopic (exact) mass is 591 g/mol. The zero-order chi connectivity index (χ0) is 28.9. The highest BCUT2D eigenvalue weighted by molar-refractivity contribution is 8.26. The standard InChI is InChI=1S/C34H26FN3O2S2/c35-30-17-8-7-12-26(30)23-40-29-16-9-13-25(20-29)32-27(22-38(36-32)28-14-5-2-6-15-28)21-31-33(39)37(34(41)42-31)19-18-24-10-3-1-4-11-24/h1-17,20-22H,18-19,23H2. The lowest BCUT2D eigenvalue weighted by molar-refractivity contribution is -0.122. The lowest BCUT2D eigenvalue weighted by atomic mass is 10.1. The molecule has 1 aliphatic rings. The Hall–Kier alpha value is -4.53. The van der Waals surface area contributed by atoms with Crippen LogP contribution in [0, 0.1) is 5.82 Å². The fourth-order valence-electron chi connectivity index (χ4n) is 4.66. The van der Waals surface area contributed by atoms with Crippen molar-refractivity contribution in [3.8, 4) is 22.7 Å². The van der Waals surface area contributed by atoms with Crippen molar-refractivity contribution in [1.29, 1.82) is 0 Å². The van der Waals surface area contributed by atoms with Crippen LogP contribution in [0.4, 0.5) is 4.39 Å². The maximum atomic E-state index is 14.1. The normalized spacial score (nSPS) is 14.1. The number of hydrogen-bond donors (Lipinski definition) is 0. The molecule has 2 heterocycles. The molecular weight excluding hydrogens is 566 g/mol. The van der Waals surface area contributed by atoms with Crippen molar-refractivity contribution in [1.82, 2.24) is 14.7 Å². The second-order valence-electron chi connectivity index (χ2n) is 9.69. The third kappa shape index (κ3) is 6.20. The van der Waals surface area contributed by atoms with Gasteiger partial charge >= 0.3 is 0 Å². The van der Waals surface area contributed by atoms with Gasteiger partial charge in [-0.15, -0.1) is 0 Å². The van der Waals surface area contributed by atoms with Crippen LogP contribution < -0.4 is 4.74 Å². The number of thiocarbonyl (C=S) groups is 1. The molecule has 5 aromatic rings. The predicted molar refractivity (Wildman–Crippen MR) is 170 cm³/mol. The molecule has 0 bridgehead atoms. The van der Waals surface area contributed by atoms with Crippen LogP contribution in [0.1, 0.15) is 16.7 Å². The number of ether oxygens (including phenoxy) is 1. The van der Waals surface area contributed by atoms with Gasteiger partial charge in [-0.3, -0.25) is 9.69 Å². The number of benzene rings is 4. The Morgan fingerprint density at radius 3 is 2.43 bits per heavy atom. The molecule has 8 heteroatoms. The molecule has 1 aromatic heterocycles. The van der Waals surface area contributed by atoms with Gasteiger partial charge in [0.15, 0.2) is 0 Å². The average Bonchev–Trinajstić information content (AvgIpc) is 3.56. The number of rotatable bonds is 9. The van der Waals surface area contributed by atoms with Crippen molar-refractivity contribution in [2.45, 2.75) is 13.0 Å². The first kappa shape index (κ1) is 27.6. The van der Waals surface area contributed by atoms with Gasteiger partial charge in [0.1, 0.15) is 28.2 Å². The number of hydrogen-bond acceptors (Lipinski definition) is 5. The molecule has 0 aliphatic carbocycles. The van der Waals surface area contributed by atoms with Gasteiger partial charge in [-0.2, -0.15) is 5.10 Å². The fourth-order valence-corrected chi connectivity index (χ4v) is 5.96. The molecule has 0 saturated carbocycles. The van der Waals surface area contributed by atoms with E-state index in [1.54, 1.807) is 27.8 Å². The van der Waals surface area contributed by atoms with Crippen LogP contribution in [-0.2, 0) is 17.8 Å². The van der Waals surface area contributed by atoms with Crippen molar-refractivity contribution >= 4 is 40.3 Å². The van der Waals surface area contributed by atoms with Crippen molar-refractivity contribution in [2.24, 2.45) is 0 Å².